The maximum Gasteiger partial charge on any atom is 0.234 e. The molecule has 0 aliphatic carbocycles. The molecule has 0 atom stereocenters. The average Bonchev–Trinajstić information content (AvgIpc) is 3.50. The quantitative estimate of drug-likeness (QED) is 0.407. The minimum absolute atomic E-state index is 0.115. The van der Waals surface area contributed by atoms with Crippen LogP contribution in [0.15, 0.2) is 84.3 Å². The first-order valence-corrected chi connectivity index (χ1v) is 11.9. The average molecular weight is 471 g/mol. The molecule has 0 radical (unpaired) electrons. The van der Waals surface area contributed by atoms with Crippen LogP contribution in [-0.4, -0.2) is 43.9 Å². The molecule has 170 valence electrons. The van der Waals surface area contributed by atoms with Crippen molar-refractivity contribution in [3.8, 4) is 17.1 Å². The third-order valence-electron chi connectivity index (χ3n) is 5.41. The van der Waals surface area contributed by atoms with Crippen LogP contribution in [0, 0.1) is 0 Å². The maximum absolute atomic E-state index is 12.7. The fourth-order valence-electron chi connectivity index (χ4n) is 3.86. The highest BCUT2D eigenvalue weighted by Gasteiger charge is 2.22. The molecule has 0 unspecified atom stereocenters. The first kappa shape index (κ1) is 21.8. The van der Waals surface area contributed by atoms with Gasteiger partial charge < -0.3 is 10.2 Å². The standard InChI is InChI=1S/C25H22N6O2S/c32-22(27-19-8-4-11-21(15-19)30-14-6-12-23(30)33)17-34-25-29-28-24(18-7-5-13-26-16-18)31(25)20-9-2-1-3-10-20/h1-5,7-11,13,15-16H,6,12,14,17H2,(H,27,32). The largest absolute Gasteiger partial charge is 0.325 e. The number of thioether (sulfide) groups is 1. The van der Waals surface area contributed by atoms with Crippen LogP contribution in [0.25, 0.3) is 17.1 Å². The fourth-order valence-corrected chi connectivity index (χ4v) is 4.61. The van der Waals surface area contributed by atoms with E-state index in [4.69, 9.17) is 0 Å². The van der Waals surface area contributed by atoms with Crippen molar-refractivity contribution in [2.45, 2.75) is 18.0 Å². The summed E-state index contributed by atoms with van der Waals surface area (Å²) in [5.41, 5.74) is 3.20. The molecule has 0 bridgehead atoms. The Morgan fingerprint density at radius 3 is 2.62 bits per heavy atom. The highest BCUT2D eigenvalue weighted by molar-refractivity contribution is 7.99. The lowest BCUT2D eigenvalue weighted by Crippen LogP contribution is -2.23. The van der Waals surface area contributed by atoms with Gasteiger partial charge in [0.25, 0.3) is 0 Å². The third-order valence-corrected chi connectivity index (χ3v) is 6.34. The molecule has 1 aliphatic rings. The van der Waals surface area contributed by atoms with Gasteiger partial charge in [-0.3, -0.25) is 19.1 Å². The number of hydrogen-bond acceptors (Lipinski definition) is 6. The van der Waals surface area contributed by atoms with Crippen molar-refractivity contribution in [3.63, 3.8) is 0 Å². The Kier molecular flexibility index (Phi) is 6.35. The lowest BCUT2D eigenvalue weighted by molar-refractivity contribution is -0.117. The number of rotatable bonds is 7. The molecular formula is C25H22N6O2S. The van der Waals surface area contributed by atoms with E-state index in [2.05, 4.69) is 20.5 Å². The lowest BCUT2D eigenvalue weighted by atomic mass is 10.2. The molecule has 2 aromatic heterocycles. The molecule has 1 aliphatic heterocycles. The SMILES string of the molecule is O=C(CSc1nnc(-c2cccnc2)n1-c1ccccc1)Nc1cccc(N2CCCC2=O)c1. The second-order valence-electron chi connectivity index (χ2n) is 7.75. The van der Waals surface area contributed by atoms with Gasteiger partial charge >= 0.3 is 0 Å². The summed E-state index contributed by atoms with van der Waals surface area (Å²) >= 11 is 1.31. The molecule has 9 heteroatoms. The Morgan fingerprint density at radius 2 is 1.85 bits per heavy atom. The predicted molar refractivity (Wildman–Crippen MR) is 132 cm³/mol. The van der Waals surface area contributed by atoms with Gasteiger partial charge in [0.2, 0.25) is 11.8 Å². The van der Waals surface area contributed by atoms with Crippen molar-refractivity contribution in [2.75, 3.05) is 22.5 Å². The van der Waals surface area contributed by atoms with E-state index in [0.29, 0.717) is 29.6 Å². The minimum atomic E-state index is -0.166. The van der Waals surface area contributed by atoms with Crippen molar-refractivity contribution in [1.29, 1.82) is 0 Å². The zero-order valence-electron chi connectivity index (χ0n) is 18.3. The van der Waals surface area contributed by atoms with E-state index < -0.39 is 0 Å². The number of aromatic nitrogens is 4. The minimum Gasteiger partial charge on any atom is -0.325 e. The number of hydrogen-bond donors (Lipinski definition) is 1. The molecule has 8 nitrogen and oxygen atoms in total. The molecule has 4 aromatic rings. The molecule has 1 saturated heterocycles. The summed E-state index contributed by atoms with van der Waals surface area (Å²) in [7, 11) is 0. The van der Waals surface area contributed by atoms with Crippen LogP contribution >= 0.6 is 11.8 Å². The zero-order valence-corrected chi connectivity index (χ0v) is 19.1. The van der Waals surface area contributed by atoms with Crippen molar-refractivity contribution >= 4 is 35.0 Å². The number of amides is 2. The molecule has 34 heavy (non-hydrogen) atoms. The van der Waals surface area contributed by atoms with Crippen LogP contribution in [0.1, 0.15) is 12.8 Å². The highest BCUT2D eigenvalue weighted by atomic mass is 32.2. The van der Waals surface area contributed by atoms with Crippen molar-refractivity contribution < 1.29 is 9.59 Å². The lowest BCUT2D eigenvalue weighted by Gasteiger charge is -2.16. The molecule has 3 heterocycles. The van der Waals surface area contributed by atoms with Crippen molar-refractivity contribution in [1.82, 2.24) is 19.7 Å². The van der Waals surface area contributed by atoms with Gasteiger partial charge in [-0.15, -0.1) is 10.2 Å². The molecule has 5 rings (SSSR count). The van der Waals surface area contributed by atoms with Gasteiger partial charge in [0.15, 0.2) is 11.0 Å². The molecule has 1 N–H and O–H groups in total. The molecule has 0 saturated carbocycles. The van der Waals surface area contributed by atoms with E-state index in [1.807, 2.05) is 71.3 Å². The van der Waals surface area contributed by atoms with E-state index in [0.717, 1.165) is 23.4 Å². The van der Waals surface area contributed by atoms with E-state index in [-0.39, 0.29) is 17.6 Å². The zero-order chi connectivity index (χ0) is 23.3. The predicted octanol–water partition coefficient (Wildman–Crippen LogP) is 4.19. The molecule has 1 fully saturated rings. The van der Waals surface area contributed by atoms with E-state index in [1.54, 1.807) is 17.3 Å². The van der Waals surface area contributed by atoms with Gasteiger partial charge in [-0.05, 0) is 48.9 Å². The molecule has 0 spiro atoms. The maximum atomic E-state index is 12.7. The number of nitrogens with one attached hydrogen (secondary N) is 1. The van der Waals surface area contributed by atoms with E-state index in [9.17, 15) is 9.59 Å². The van der Waals surface area contributed by atoms with Crippen LogP contribution < -0.4 is 10.2 Å². The Bertz CT molecular complexity index is 1310. The summed E-state index contributed by atoms with van der Waals surface area (Å²) in [6, 6.07) is 20.9. The number of benzene rings is 2. The van der Waals surface area contributed by atoms with E-state index >= 15 is 0 Å². The van der Waals surface area contributed by atoms with Crippen LogP contribution in [0.5, 0.6) is 0 Å². The topological polar surface area (TPSA) is 93.0 Å². The monoisotopic (exact) mass is 470 g/mol. The molecular weight excluding hydrogens is 448 g/mol. The Labute approximate surface area is 201 Å². The summed E-state index contributed by atoms with van der Waals surface area (Å²) in [5, 5.41) is 12.2. The van der Waals surface area contributed by atoms with Crippen molar-refractivity contribution in [3.05, 3.63) is 79.1 Å². The smallest absolute Gasteiger partial charge is 0.234 e. The van der Waals surface area contributed by atoms with Crippen LogP contribution in [0.4, 0.5) is 11.4 Å². The summed E-state index contributed by atoms with van der Waals surface area (Å²) in [4.78, 5) is 30.7. The van der Waals surface area contributed by atoms with Crippen molar-refractivity contribution in [2.24, 2.45) is 0 Å². The van der Waals surface area contributed by atoms with Gasteiger partial charge in [0, 0.05) is 48.0 Å². The van der Waals surface area contributed by atoms with Gasteiger partial charge in [-0.25, -0.2) is 0 Å². The summed E-state index contributed by atoms with van der Waals surface area (Å²) in [5.74, 6) is 0.763. The van der Waals surface area contributed by atoms with Gasteiger partial charge in [0.1, 0.15) is 0 Å². The van der Waals surface area contributed by atoms with Crippen LogP contribution in [-0.2, 0) is 9.59 Å². The normalized spacial score (nSPS) is 13.3. The van der Waals surface area contributed by atoms with Gasteiger partial charge in [0.05, 0.1) is 5.75 Å². The van der Waals surface area contributed by atoms with E-state index in [1.165, 1.54) is 11.8 Å². The number of para-hydroxylation sites is 1. The second kappa shape index (κ2) is 9.88. The third kappa shape index (κ3) is 4.69. The van der Waals surface area contributed by atoms with Gasteiger partial charge in [-0.2, -0.15) is 0 Å². The van der Waals surface area contributed by atoms with Crippen LogP contribution in [0.3, 0.4) is 0 Å². The number of nitrogens with zero attached hydrogens (tertiary/aromatic N) is 5. The number of carbonyl (C=O) groups excluding carboxylic acids is 2. The second-order valence-corrected chi connectivity index (χ2v) is 8.70. The fraction of sp³-hybridized carbons (Fsp3) is 0.160. The Morgan fingerprint density at radius 1 is 1.00 bits per heavy atom. The first-order valence-electron chi connectivity index (χ1n) is 10.9. The Balaban J connectivity index is 1.32. The number of carbonyl (C=O) groups is 2. The first-order chi connectivity index (χ1) is 16.7. The van der Waals surface area contributed by atoms with Crippen LogP contribution in [0.2, 0.25) is 0 Å². The molecule has 2 aromatic carbocycles. The van der Waals surface area contributed by atoms with Gasteiger partial charge in [-0.1, -0.05) is 36.0 Å². The summed E-state index contributed by atoms with van der Waals surface area (Å²) < 4.78 is 1.93. The summed E-state index contributed by atoms with van der Waals surface area (Å²) in [6.45, 7) is 0.709. The highest BCUT2D eigenvalue weighted by Crippen LogP contribution is 2.28. The number of pyridine rings is 1. The summed E-state index contributed by atoms with van der Waals surface area (Å²) in [6.07, 6.45) is 4.87. The molecule has 2 amide bonds. The number of anilines is 2. The Hall–Kier alpha value is -3.98.